The number of aliphatic imine (C=N–C) groups is 1. The lowest BCUT2D eigenvalue weighted by atomic mass is 9.38. The van der Waals surface area contributed by atoms with Crippen molar-refractivity contribution in [1.29, 1.82) is 0 Å². The number of esters is 1. The van der Waals surface area contributed by atoms with Crippen molar-refractivity contribution in [2.75, 3.05) is 7.11 Å². The summed E-state index contributed by atoms with van der Waals surface area (Å²) in [6.07, 6.45) is 1.70. The molecule has 1 aliphatic heterocycles. The number of methoxy groups -OCH3 is 1. The number of sulfonamides is 1. The molecule has 1 N–H and O–H groups in total. The molecule has 1 heterocycles. The first kappa shape index (κ1) is 24.2. The van der Waals surface area contributed by atoms with Crippen LogP contribution in [0.1, 0.15) is 38.7 Å². The highest BCUT2D eigenvalue weighted by atomic mass is 35.5. The Bertz CT molecular complexity index is 1310. The summed E-state index contributed by atoms with van der Waals surface area (Å²) in [5.74, 6) is -0.262. The molecule has 3 aliphatic carbocycles. The number of halogens is 2. The summed E-state index contributed by atoms with van der Waals surface area (Å²) >= 11 is 5.84. The van der Waals surface area contributed by atoms with E-state index in [0.29, 0.717) is 24.8 Å². The summed E-state index contributed by atoms with van der Waals surface area (Å²) in [7, 11) is -2.52. The summed E-state index contributed by atoms with van der Waals surface area (Å²) < 4.78 is 48.1. The van der Waals surface area contributed by atoms with Gasteiger partial charge in [0.2, 0.25) is 10.0 Å². The first-order valence-corrected chi connectivity index (χ1v) is 13.2. The number of hydrogen-bond donors (Lipinski definition) is 1. The normalized spacial score (nSPS) is 28.5. The van der Waals surface area contributed by atoms with Gasteiger partial charge in [-0.05, 0) is 62.9 Å². The van der Waals surface area contributed by atoms with Crippen LogP contribution >= 0.6 is 11.6 Å². The van der Waals surface area contributed by atoms with Gasteiger partial charge in [-0.2, -0.15) is 4.31 Å². The van der Waals surface area contributed by atoms with E-state index in [1.807, 2.05) is 13.8 Å². The number of ether oxygens (including phenoxy) is 1. The second kappa shape index (κ2) is 8.01. The smallest absolute Gasteiger partial charge is 0.333 e. The van der Waals surface area contributed by atoms with Crippen molar-refractivity contribution in [3.8, 4) is 0 Å². The molecule has 1 atom stereocenters. The molecule has 3 fully saturated rings. The third kappa shape index (κ3) is 3.75. The van der Waals surface area contributed by atoms with Crippen LogP contribution in [-0.4, -0.2) is 48.8 Å². The van der Waals surface area contributed by atoms with Crippen LogP contribution in [0, 0.1) is 11.2 Å². The zero-order chi connectivity index (χ0) is 25.2. The summed E-state index contributed by atoms with van der Waals surface area (Å²) in [6, 6.07) is 12.0. The molecule has 0 radical (unpaired) electrons. The Kier molecular flexibility index (Phi) is 5.54. The maximum Gasteiger partial charge on any atom is 0.333 e. The second-order valence-electron chi connectivity index (χ2n) is 10.4. The van der Waals surface area contributed by atoms with Crippen molar-refractivity contribution in [3.05, 3.63) is 64.9 Å². The van der Waals surface area contributed by atoms with Gasteiger partial charge >= 0.3 is 5.97 Å². The molecule has 0 spiro atoms. The maximum absolute atomic E-state index is 14.2. The molecule has 7 nitrogen and oxygen atoms in total. The first-order valence-electron chi connectivity index (χ1n) is 11.4. The highest BCUT2D eigenvalue weighted by Crippen LogP contribution is 2.71. The van der Waals surface area contributed by atoms with E-state index in [2.05, 4.69) is 10.3 Å². The molecule has 0 saturated heterocycles. The summed E-state index contributed by atoms with van der Waals surface area (Å²) in [6.45, 7) is 3.82. The monoisotopic (exact) mass is 519 g/mol. The number of rotatable bonds is 7. The Morgan fingerprint density at radius 3 is 2.46 bits per heavy atom. The van der Waals surface area contributed by atoms with Gasteiger partial charge in [0.1, 0.15) is 11.7 Å². The van der Waals surface area contributed by atoms with Gasteiger partial charge < -0.3 is 10.1 Å². The molecule has 10 heteroatoms. The SMILES string of the molecule is COC(=O)[C@@H]1N=C(C23CC(N(Cc4ccc(Cl)c(F)c4)S(=O)(=O)c4ccccc4)(C2)C3)NC1(C)C. The van der Waals surface area contributed by atoms with Gasteiger partial charge in [0.05, 0.1) is 22.6 Å². The summed E-state index contributed by atoms with van der Waals surface area (Å²) in [5, 5.41) is 3.37. The average Bonchev–Trinajstić information content (AvgIpc) is 3.08. The molecule has 0 amide bonds. The van der Waals surface area contributed by atoms with Gasteiger partial charge in [0, 0.05) is 17.5 Å². The van der Waals surface area contributed by atoms with E-state index in [-0.39, 0.29) is 21.9 Å². The fourth-order valence-electron chi connectivity index (χ4n) is 5.71. The number of benzene rings is 2. The highest BCUT2D eigenvalue weighted by molar-refractivity contribution is 7.89. The van der Waals surface area contributed by atoms with Crippen molar-refractivity contribution in [3.63, 3.8) is 0 Å². The van der Waals surface area contributed by atoms with Crippen LogP contribution in [0.4, 0.5) is 4.39 Å². The molecule has 186 valence electrons. The molecule has 6 rings (SSSR count). The lowest BCUT2D eigenvalue weighted by Crippen LogP contribution is -2.78. The van der Waals surface area contributed by atoms with Crippen molar-refractivity contribution >= 4 is 33.4 Å². The molecule has 3 saturated carbocycles. The van der Waals surface area contributed by atoms with Crippen LogP contribution in [0.5, 0.6) is 0 Å². The lowest BCUT2D eigenvalue weighted by Gasteiger charge is -2.73. The van der Waals surface area contributed by atoms with Gasteiger partial charge in [-0.15, -0.1) is 0 Å². The van der Waals surface area contributed by atoms with Crippen LogP contribution < -0.4 is 5.32 Å². The van der Waals surface area contributed by atoms with E-state index in [4.69, 9.17) is 16.3 Å². The molecule has 2 aromatic carbocycles. The number of hydrogen-bond acceptors (Lipinski definition) is 6. The van der Waals surface area contributed by atoms with E-state index in [9.17, 15) is 17.6 Å². The Hall–Kier alpha value is -2.49. The molecule has 0 unspecified atom stereocenters. The van der Waals surface area contributed by atoms with Gasteiger partial charge in [-0.1, -0.05) is 35.9 Å². The van der Waals surface area contributed by atoms with Crippen LogP contribution in [0.2, 0.25) is 5.02 Å². The van der Waals surface area contributed by atoms with E-state index in [0.717, 1.165) is 5.84 Å². The fraction of sp³-hybridized carbons (Fsp3) is 0.440. The molecule has 2 bridgehead atoms. The number of nitrogens with zero attached hydrogens (tertiary/aromatic N) is 2. The van der Waals surface area contributed by atoms with Gasteiger partial charge in [-0.25, -0.2) is 17.6 Å². The Morgan fingerprint density at radius 1 is 1.20 bits per heavy atom. The topological polar surface area (TPSA) is 88.1 Å². The maximum atomic E-state index is 14.2. The fourth-order valence-corrected chi connectivity index (χ4v) is 7.60. The quantitative estimate of drug-likeness (QED) is 0.560. The molecule has 4 aliphatic rings. The standard InChI is InChI=1S/C25H27ClFN3O4S/c1-23(2)20(21(31)34-3)28-22(29-23)24-13-25(14-24,15-24)30(12-16-9-10-18(26)19(27)11-16)35(32,33)17-7-5-4-6-8-17/h4-11,20H,12-15H2,1-3H3,(H,28,29)/t20-,24?,25?/m0/s1. The Morgan fingerprint density at radius 2 is 1.86 bits per heavy atom. The zero-order valence-corrected chi connectivity index (χ0v) is 21.3. The molecular weight excluding hydrogens is 493 g/mol. The van der Waals surface area contributed by atoms with Crippen LogP contribution in [0.15, 0.2) is 58.4 Å². The van der Waals surface area contributed by atoms with Crippen LogP contribution in [-0.2, 0) is 26.1 Å². The molecule has 2 aromatic rings. The molecule has 35 heavy (non-hydrogen) atoms. The zero-order valence-electron chi connectivity index (χ0n) is 19.7. The minimum Gasteiger partial charge on any atom is -0.467 e. The number of carbonyl (C=O) groups excluding carboxylic acids is 1. The minimum atomic E-state index is -3.86. The van der Waals surface area contributed by atoms with Gasteiger partial charge in [0.25, 0.3) is 0 Å². The molecule has 0 aromatic heterocycles. The predicted molar refractivity (Wildman–Crippen MR) is 130 cm³/mol. The van der Waals surface area contributed by atoms with Gasteiger partial charge in [-0.3, -0.25) is 4.99 Å². The number of nitrogens with one attached hydrogen (secondary N) is 1. The van der Waals surface area contributed by atoms with E-state index < -0.39 is 38.9 Å². The van der Waals surface area contributed by atoms with E-state index >= 15 is 0 Å². The number of amidine groups is 1. The van der Waals surface area contributed by atoms with E-state index in [1.54, 1.807) is 36.4 Å². The second-order valence-corrected chi connectivity index (χ2v) is 12.6. The Balaban J connectivity index is 1.45. The third-order valence-electron chi connectivity index (χ3n) is 7.48. The van der Waals surface area contributed by atoms with Crippen molar-refractivity contribution in [2.24, 2.45) is 10.4 Å². The predicted octanol–water partition coefficient (Wildman–Crippen LogP) is 3.91. The lowest BCUT2D eigenvalue weighted by molar-refractivity contribution is -0.151. The van der Waals surface area contributed by atoms with E-state index in [1.165, 1.54) is 23.5 Å². The Labute approximate surface area is 209 Å². The number of carbonyl (C=O) groups is 1. The average molecular weight is 520 g/mol. The van der Waals surface area contributed by atoms with Crippen molar-refractivity contribution in [1.82, 2.24) is 9.62 Å². The molecular formula is C25H27ClFN3O4S. The minimum absolute atomic E-state index is 0.0104. The van der Waals surface area contributed by atoms with Gasteiger partial charge in [0.15, 0.2) is 6.04 Å². The first-order chi connectivity index (χ1) is 16.4. The third-order valence-corrected chi connectivity index (χ3v) is 9.75. The largest absolute Gasteiger partial charge is 0.467 e. The van der Waals surface area contributed by atoms with Crippen molar-refractivity contribution < 1.29 is 22.3 Å². The summed E-state index contributed by atoms with van der Waals surface area (Å²) in [4.78, 5) is 17.1. The van der Waals surface area contributed by atoms with Crippen LogP contribution in [0.3, 0.4) is 0 Å². The summed E-state index contributed by atoms with van der Waals surface area (Å²) in [5.41, 5.74) is -0.992. The highest BCUT2D eigenvalue weighted by Gasteiger charge is 2.75. The van der Waals surface area contributed by atoms with Crippen LogP contribution in [0.25, 0.3) is 0 Å². The van der Waals surface area contributed by atoms with Crippen molar-refractivity contribution in [2.45, 2.75) is 61.7 Å².